The van der Waals surface area contributed by atoms with Gasteiger partial charge in [-0.05, 0) is 30.6 Å². The molecule has 0 spiro atoms. The first-order valence-corrected chi connectivity index (χ1v) is 11.0. The average Bonchev–Trinajstić information content (AvgIpc) is 2.81. The van der Waals surface area contributed by atoms with Gasteiger partial charge in [0.1, 0.15) is 29.2 Å². The Labute approximate surface area is 195 Å². The van der Waals surface area contributed by atoms with Gasteiger partial charge < -0.3 is 25.4 Å². The summed E-state index contributed by atoms with van der Waals surface area (Å²) >= 11 is 6.50. The zero-order valence-electron chi connectivity index (χ0n) is 18.1. The molecule has 0 unspecified atom stereocenters. The van der Waals surface area contributed by atoms with E-state index in [4.69, 9.17) is 21.1 Å². The van der Waals surface area contributed by atoms with Crippen LogP contribution in [0.5, 0.6) is 11.5 Å². The highest BCUT2D eigenvalue weighted by Gasteiger charge is 2.18. The highest BCUT2D eigenvalue weighted by atomic mass is 35.5. The summed E-state index contributed by atoms with van der Waals surface area (Å²) < 4.78 is 11.4. The van der Waals surface area contributed by atoms with Crippen molar-refractivity contribution >= 4 is 40.1 Å². The van der Waals surface area contributed by atoms with Crippen molar-refractivity contribution in [2.45, 2.75) is 25.7 Å². The van der Waals surface area contributed by atoms with Gasteiger partial charge in [-0.3, -0.25) is 9.59 Å². The number of methoxy groups -OCH3 is 1. The molecule has 2 heterocycles. The van der Waals surface area contributed by atoms with Gasteiger partial charge in [-0.1, -0.05) is 17.7 Å². The summed E-state index contributed by atoms with van der Waals surface area (Å²) in [7, 11) is 1.56. The molecular weight excluding hydrogens is 446 g/mol. The van der Waals surface area contributed by atoms with Crippen molar-refractivity contribution in [2.75, 3.05) is 25.6 Å². The largest absolute Gasteiger partial charge is 0.494 e. The summed E-state index contributed by atoms with van der Waals surface area (Å²) in [6, 6.07) is 3.58. The topological polar surface area (TPSA) is 114 Å². The number of fused-ring (bicyclic) bond motifs is 2. The number of halogens is 1. The van der Waals surface area contributed by atoms with E-state index in [0.717, 1.165) is 5.57 Å². The van der Waals surface area contributed by atoms with Crippen LogP contribution >= 0.6 is 11.6 Å². The fourth-order valence-corrected chi connectivity index (χ4v) is 3.79. The molecule has 0 saturated carbocycles. The molecule has 0 radical (unpaired) electrons. The zero-order chi connectivity index (χ0) is 23.2. The van der Waals surface area contributed by atoms with E-state index in [1.165, 1.54) is 6.33 Å². The second kappa shape index (κ2) is 10.4. The fraction of sp³-hybridized carbons (Fsp3) is 0.304. The van der Waals surface area contributed by atoms with Gasteiger partial charge in [0.2, 0.25) is 11.8 Å². The number of hydrogen-bond acceptors (Lipinski definition) is 7. The molecule has 1 aromatic carbocycles. The molecule has 9 nitrogen and oxygen atoms in total. The molecule has 0 atom stereocenters. The Bertz CT molecular complexity index is 1170. The fourth-order valence-electron chi connectivity index (χ4n) is 3.53. The number of rotatable bonds is 1. The molecule has 2 amide bonds. The van der Waals surface area contributed by atoms with Crippen molar-refractivity contribution in [3.63, 3.8) is 0 Å². The minimum Gasteiger partial charge on any atom is -0.494 e. The molecular formula is C23H24ClN5O4. The zero-order valence-corrected chi connectivity index (χ0v) is 18.9. The van der Waals surface area contributed by atoms with E-state index in [1.807, 2.05) is 12.1 Å². The third-order valence-corrected chi connectivity index (χ3v) is 5.52. The van der Waals surface area contributed by atoms with Crippen LogP contribution in [0, 0.1) is 0 Å². The lowest BCUT2D eigenvalue weighted by molar-refractivity contribution is -0.122. The second-order valence-corrected chi connectivity index (χ2v) is 7.89. The molecule has 33 heavy (non-hydrogen) atoms. The Balaban J connectivity index is 1.76. The van der Waals surface area contributed by atoms with Gasteiger partial charge in [-0.25, -0.2) is 9.97 Å². The summed E-state index contributed by atoms with van der Waals surface area (Å²) in [6.45, 7) is 0.599. The Kier molecular flexibility index (Phi) is 7.09. The van der Waals surface area contributed by atoms with E-state index >= 15 is 0 Å². The molecule has 172 valence electrons. The van der Waals surface area contributed by atoms with E-state index in [2.05, 4.69) is 25.9 Å². The maximum absolute atomic E-state index is 12.2. The van der Waals surface area contributed by atoms with E-state index in [9.17, 15) is 9.59 Å². The summed E-state index contributed by atoms with van der Waals surface area (Å²) in [5.41, 5.74) is 2.02. The summed E-state index contributed by atoms with van der Waals surface area (Å²) in [5.74, 6) is 1.29. The predicted octanol–water partition coefficient (Wildman–Crippen LogP) is 3.14. The third kappa shape index (κ3) is 5.43. The lowest BCUT2D eigenvalue weighted by Crippen LogP contribution is -2.29. The molecule has 1 aliphatic heterocycles. The van der Waals surface area contributed by atoms with Crippen LogP contribution in [0.1, 0.15) is 25.7 Å². The summed E-state index contributed by atoms with van der Waals surface area (Å²) in [6.07, 6.45) is 8.32. The van der Waals surface area contributed by atoms with Crippen LogP contribution in [0.4, 0.5) is 5.82 Å². The molecule has 3 N–H and O–H groups in total. The van der Waals surface area contributed by atoms with Crippen LogP contribution in [-0.2, 0) is 9.59 Å². The van der Waals surface area contributed by atoms with Crippen LogP contribution in [-0.4, -0.2) is 42.0 Å². The molecule has 1 aromatic heterocycles. The van der Waals surface area contributed by atoms with Crippen LogP contribution in [0.2, 0.25) is 0 Å². The first-order valence-electron chi connectivity index (χ1n) is 10.6. The van der Waals surface area contributed by atoms with Gasteiger partial charge in [0.05, 0.1) is 29.8 Å². The van der Waals surface area contributed by atoms with E-state index in [0.29, 0.717) is 64.8 Å². The van der Waals surface area contributed by atoms with Gasteiger partial charge in [0, 0.05) is 31.7 Å². The van der Waals surface area contributed by atoms with Crippen molar-refractivity contribution in [1.82, 2.24) is 20.6 Å². The Morgan fingerprint density at radius 3 is 2.88 bits per heavy atom. The minimum atomic E-state index is -0.209. The number of carbonyl (C=O) groups is 2. The highest BCUT2D eigenvalue weighted by molar-refractivity contribution is 6.32. The SMILES string of the molecule is COc1cc2cc3c(ncnc13)NC1=C(Cl)C=CC/C1=C/NC(=O)CCNC(=O)CCCO2. The quantitative estimate of drug-likeness (QED) is 0.587. The van der Waals surface area contributed by atoms with Gasteiger partial charge in [-0.2, -0.15) is 0 Å². The van der Waals surface area contributed by atoms with Crippen LogP contribution in [0.25, 0.3) is 10.9 Å². The molecule has 4 rings (SSSR count). The average molecular weight is 470 g/mol. The number of ether oxygens (including phenoxy) is 2. The normalized spacial score (nSPS) is 19.3. The highest BCUT2D eigenvalue weighted by Crippen LogP contribution is 2.35. The van der Waals surface area contributed by atoms with Crippen molar-refractivity contribution in [1.29, 1.82) is 0 Å². The van der Waals surface area contributed by atoms with Gasteiger partial charge in [0.25, 0.3) is 0 Å². The lowest BCUT2D eigenvalue weighted by Gasteiger charge is -2.19. The maximum atomic E-state index is 12.2. The molecule has 10 heteroatoms. The number of benzene rings is 1. The van der Waals surface area contributed by atoms with Crippen molar-refractivity contribution in [2.24, 2.45) is 0 Å². The number of carbonyl (C=O) groups excluding carboxylic acids is 2. The third-order valence-electron chi connectivity index (χ3n) is 5.20. The first-order chi connectivity index (χ1) is 16.0. The van der Waals surface area contributed by atoms with Crippen LogP contribution in [0.3, 0.4) is 0 Å². The first kappa shape index (κ1) is 22.6. The Morgan fingerprint density at radius 2 is 2.03 bits per heavy atom. The van der Waals surface area contributed by atoms with Gasteiger partial charge in [0.15, 0.2) is 0 Å². The predicted molar refractivity (Wildman–Crippen MR) is 125 cm³/mol. The Hall–Kier alpha value is -3.59. The standard InChI is InChI=1S/C23H24ClN5O4/c1-32-18-11-15-10-16-22(18)27-13-28-23(16)29-21-14(4-2-5-17(21)24)12-26-20(31)7-8-25-19(30)6-3-9-33-15/h2,5,10-13H,3-4,6-9H2,1H3,(H,25,30)(H,26,31)(H,27,28,29)/b14-12-. The van der Waals surface area contributed by atoms with Crippen LogP contribution < -0.4 is 25.4 Å². The smallest absolute Gasteiger partial charge is 0.225 e. The van der Waals surface area contributed by atoms with Crippen LogP contribution in [0.15, 0.2) is 53.1 Å². The second-order valence-electron chi connectivity index (χ2n) is 7.49. The van der Waals surface area contributed by atoms with E-state index in [-0.39, 0.29) is 24.8 Å². The number of aromatic nitrogens is 2. The van der Waals surface area contributed by atoms with Crippen molar-refractivity contribution in [3.8, 4) is 11.5 Å². The van der Waals surface area contributed by atoms with E-state index in [1.54, 1.807) is 25.5 Å². The van der Waals surface area contributed by atoms with E-state index < -0.39 is 0 Å². The maximum Gasteiger partial charge on any atom is 0.225 e. The number of hydrogen-bond donors (Lipinski definition) is 3. The van der Waals surface area contributed by atoms with Gasteiger partial charge in [-0.15, -0.1) is 0 Å². The number of anilines is 1. The monoisotopic (exact) mass is 469 g/mol. The number of amides is 2. The number of nitrogens with zero attached hydrogens (tertiary/aromatic N) is 2. The summed E-state index contributed by atoms with van der Waals surface area (Å²) in [4.78, 5) is 33.0. The number of nitrogens with one attached hydrogen (secondary N) is 3. The van der Waals surface area contributed by atoms with Gasteiger partial charge >= 0.3 is 0 Å². The summed E-state index contributed by atoms with van der Waals surface area (Å²) in [5, 5.41) is 9.99. The lowest BCUT2D eigenvalue weighted by atomic mass is 10.0. The molecule has 0 fully saturated rings. The minimum absolute atomic E-state index is 0.128. The Morgan fingerprint density at radius 1 is 1.15 bits per heavy atom. The molecule has 1 aliphatic carbocycles. The van der Waals surface area contributed by atoms with Crippen molar-refractivity contribution < 1.29 is 19.1 Å². The van der Waals surface area contributed by atoms with Crippen molar-refractivity contribution in [3.05, 3.63) is 53.1 Å². The molecule has 0 saturated heterocycles. The molecule has 2 aromatic rings. The molecule has 2 bridgehead atoms. The molecule has 2 aliphatic rings. The number of allylic oxidation sites excluding steroid dienone is 4.